The molecule has 0 amide bonds. The van der Waals surface area contributed by atoms with Gasteiger partial charge in [-0.1, -0.05) is 12.2 Å². The van der Waals surface area contributed by atoms with E-state index in [1.807, 2.05) is 0 Å². The van der Waals surface area contributed by atoms with Crippen LogP contribution in [-0.2, 0) is 9.53 Å². The highest BCUT2D eigenvalue weighted by atomic mass is 19.1. The van der Waals surface area contributed by atoms with Crippen LogP contribution in [0.1, 0.15) is 13.3 Å². The van der Waals surface area contributed by atoms with Gasteiger partial charge in [-0.15, -0.1) is 13.2 Å². The molecule has 0 aromatic rings. The van der Waals surface area contributed by atoms with Gasteiger partial charge < -0.3 is 4.74 Å². The van der Waals surface area contributed by atoms with E-state index in [4.69, 9.17) is 4.74 Å². The van der Waals surface area contributed by atoms with Gasteiger partial charge in [-0.2, -0.15) is 0 Å². The molecule has 0 saturated heterocycles. The topological polar surface area (TPSA) is 26.3 Å². The zero-order chi connectivity index (χ0) is 10.3. The Morgan fingerprint density at radius 2 is 2.08 bits per heavy atom. The van der Waals surface area contributed by atoms with Crippen molar-refractivity contribution in [2.75, 3.05) is 13.3 Å². The van der Waals surface area contributed by atoms with Crippen LogP contribution in [0.2, 0.25) is 0 Å². The predicted molar refractivity (Wildman–Crippen MR) is 50.1 cm³/mol. The summed E-state index contributed by atoms with van der Waals surface area (Å²) in [5.41, 5.74) is -0.865. The van der Waals surface area contributed by atoms with Crippen molar-refractivity contribution in [2.45, 2.75) is 13.3 Å². The number of hydrogen-bond donors (Lipinski definition) is 0. The third-order valence-corrected chi connectivity index (χ3v) is 1.80. The van der Waals surface area contributed by atoms with Crippen LogP contribution in [-0.4, -0.2) is 19.3 Å². The second-order valence-electron chi connectivity index (χ2n) is 2.87. The average Bonchev–Trinajstić information content (AvgIpc) is 2.17. The highest BCUT2D eigenvalue weighted by Gasteiger charge is 2.27. The molecule has 13 heavy (non-hydrogen) atoms. The fourth-order valence-electron chi connectivity index (χ4n) is 0.625. The van der Waals surface area contributed by atoms with Crippen molar-refractivity contribution in [3.05, 3.63) is 25.3 Å². The van der Waals surface area contributed by atoms with Crippen molar-refractivity contribution in [3.8, 4) is 0 Å². The first-order valence-corrected chi connectivity index (χ1v) is 4.11. The molecule has 0 unspecified atom stereocenters. The fourth-order valence-corrected chi connectivity index (χ4v) is 0.625. The number of carbonyl (C=O) groups excluding carboxylic acids is 1. The lowest BCUT2D eigenvalue weighted by molar-refractivity contribution is -0.149. The SMILES string of the molecule is C=CC(C)(C=C)C(=O)OCCCF. The standard InChI is InChI=1S/C10H15FO2/c1-4-10(3,5-2)9(12)13-8-6-7-11/h4-5H,1-2,6-8H2,3H3. The summed E-state index contributed by atoms with van der Waals surface area (Å²) in [5, 5.41) is 0. The van der Waals surface area contributed by atoms with Crippen LogP contribution >= 0.6 is 0 Å². The van der Waals surface area contributed by atoms with Crippen LogP contribution in [0.3, 0.4) is 0 Å². The summed E-state index contributed by atoms with van der Waals surface area (Å²) in [4.78, 5) is 11.3. The van der Waals surface area contributed by atoms with E-state index in [1.165, 1.54) is 12.2 Å². The number of rotatable bonds is 6. The Labute approximate surface area is 78.1 Å². The maximum atomic E-state index is 11.7. The molecule has 0 bridgehead atoms. The van der Waals surface area contributed by atoms with E-state index in [-0.39, 0.29) is 13.0 Å². The smallest absolute Gasteiger partial charge is 0.319 e. The molecule has 0 saturated carbocycles. The van der Waals surface area contributed by atoms with Gasteiger partial charge in [0, 0.05) is 6.42 Å². The van der Waals surface area contributed by atoms with Crippen LogP contribution in [0, 0.1) is 5.41 Å². The van der Waals surface area contributed by atoms with Crippen molar-refractivity contribution in [1.29, 1.82) is 0 Å². The van der Waals surface area contributed by atoms with Crippen molar-refractivity contribution < 1.29 is 13.9 Å². The third-order valence-electron chi connectivity index (χ3n) is 1.80. The molecule has 0 fully saturated rings. The molecular weight excluding hydrogens is 171 g/mol. The minimum Gasteiger partial charge on any atom is -0.465 e. The minimum absolute atomic E-state index is 0.104. The Morgan fingerprint density at radius 1 is 1.54 bits per heavy atom. The number of esters is 1. The molecule has 3 heteroatoms. The zero-order valence-electron chi connectivity index (χ0n) is 7.88. The highest BCUT2D eigenvalue weighted by molar-refractivity contribution is 5.80. The molecule has 0 heterocycles. The molecule has 0 aromatic carbocycles. The summed E-state index contributed by atoms with van der Waals surface area (Å²) in [7, 11) is 0. The van der Waals surface area contributed by atoms with Crippen LogP contribution in [0.5, 0.6) is 0 Å². The van der Waals surface area contributed by atoms with Gasteiger partial charge in [-0.25, -0.2) is 0 Å². The van der Waals surface area contributed by atoms with Crippen LogP contribution in [0.15, 0.2) is 25.3 Å². The zero-order valence-corrected chi connectivity index (χ0v) is 7.88. The summed E-state index contributed by atoms with van der Waals surface area (Å²) in [6.07, 6.45) is 3.14. The first-order valence-electron chi connectivity index (χ1n) is 4.11. The number of ether oxygens (including phenoxy) is 1. The van der Waals surface area contributed by atoms with Crippen molar-refractivity contribution in [1.82, 2.24) is 0 Å². The summed E-state index contributed by atoms with van der Waals surface area (Å²) >= 11 is 0. The number of alkyl halides is 1. The molecule has 0 aliphatic carbocycles. The molecule has 0 aromatic heterocycles. The Bertz CT molecular complexity index is 191. The van der Waals surface area contributed by atoms with Crippen molar-refractivity contribution in [2.24, 2.45) is 5.41 Å². The molecular formula is C10H15FO2. The average molecular weight is 186 g/mol. The number of carbonyl (C=O) groups is 1. The Kier molecular flexibility index (Phi) is 5.04. The van der Waals surface area contributed by atoms with E-state index >= 15 is 0 Å². The maximum absolute atomic E-state index is 11.7. The van der Waals surface area contributed by atoms with Gasteiger partial charge in [0.2, 0.25) is 0 Å². The largest absolute Gasteiger partial charge is 0.465 e. The first-order chi connectivity index (χ1) is 6.10. The lowest BCUT2D eigenvalue weighted by Gasteiger charge is -2.18. The number of hydrogen-bond acceptors (Lipinski definition) is 2. The highest BCUT2D eigenvalue weighted by Crippen LogP contribution is 2.20. The van der Waals surface area contributed by atoms with Gasteiger partial charge in [0.25, 0.3) is 0 Å². The van der Waals surface area contributed by atoms with E-state index in [0.29, 0.717) is 0 Å². The van der Waals surface area contributed by atoms with Crippen LogP contribution in [0.25, 0.3) is 0 Å². The summed E-state index contributed by atoms with van der Waals surface area (Å²) in [5.74, 6) is -0.439. The van der Waals surface area contributed by atoms with E-state index in [0.717, 1.165) is 0 Å². The Hall–Kier alpha value is -1.12. The monoisotopic (exact) mass is 186 g/mol. The Morgan fingerprint density at radius 3 is 2.46 bits per heavy atom. The molecule has 0 rings (SSSR count). The van der Waals surface area contributed by atoms with E-state index < -0.39 is 18.1 Å². The lowest BCUT2D eigenvalue weighted by atomic mass is 9.91. The molecule has 0 radical (unpaired) electrons. The normalized spacial score (nSPS) is 10.6. The maximum Gasteiger partial charge on any atom is 0.319 e. The molecule has 0 atom stereocenters. The third kappa shape index (κ3) is 3.40. The summed E-state index contributed by atoms with van der Waals surface area (Å²) < 4.78 is 16.5. The van der Waals surface area contributed by atoms with Gasteiger partial charge in [0.1, 0.15) is 5.41 Å². The number of halogens is 1. The first kappa shape index (κ1) is 11.9. The van der Waals surface area contributed by atoms with Gasteiger partial charge in [0.05, 0.1) is 13.3 Å². The summed E-state index contributed by atoms with van der Waals surface area (Å²) in [6.45, 7) is 8.28. The van der Waals surface area contributed by atoms with Crippen molar-refractivity contribution >= 4 is 5.97 Å². The van der Waals surface area contributed by atoms with Gasteiger partial charge in [-0.3, -0.25) is 9.18 Å². The second-order valence-corrected chi connectivity index (χ2v) is 2.87. The molecule has 0 aliphatic heterocycles. The molecule has 0 aliphatic rings. The van der Waals surface area contributed by atoms with Gasteiger partial charge in [0.15, 0.2) is 0 Å². The van der Waals surface area contributed by atoms with Gasteiger partial charge >= 0.3 is 5.97 Å². The molecule has 74 valence electrons. The van der Waals surface area contributed by atoms with Crippen molar-refractivity contribution in [3.63, 3.8) is 0 Å². The molecule has 0 N–H and O–H groups in total. The van der Waals surface area contributed by atoms with E-state index in [2.05, 4.69) is 13.2 Å². The fraction of sp³-hybridized carbons (Fsp3) is 0.500. The summed E-state index contributed by atoms with van der Waals surface area (Å²) in [6, 6.07) is 0. The van der Waals surface area contributed by atoms with Crippen LogP contribution < -0.4 is 0 Å². The molecule has 2 nitrogen and oxygen atoms in total. The van der Waals surface area contributed by atoms with Gasteiger partial charge in [-0.05, 0) is 6.92 Å². The van der Waals surface area contributed by atoms with E-state index in [9.17, 15) is 9.18 Å². The minimum atomic E-state index is -0.865. The van der Waals surface area contributed by atoms with Crippen LogP contribution in [0.4, 0.5) is 4.39 Å². The Balaban J connectivity index is 4.07. The second kappa shape index (κ2) is 5.51. The quantitative estimate of drug-likeness (QED) is 0.361. The van der Waals surface area contributed by atoms with E-state index in [1.54, 1.807) is 6.92 Å². The molecule has 0 spiro atoms. The lowest BCUT2D eigenvalue weighted by Crippen LogP contribution is -2.25. The predicted octanol–water partition coefficient (Wildman–Crippen LogP) is 2.27.